The van der Waals surface area contributed by atoms with E-state index in [9.17, 15) is 9.59 Å². The van der Waals surface area contributed by atoms with Gasteiger partial charge in [0.15, 0.2) is 0 Å². The van der Waals surface area contributed by atoms with Crippen LogP contribution in [0.5, 0.6) is 0 Å². The third-order valence-electron chi connectivity index (χ3n) is 3.97. The Labute approximate surface area is 157 Å². The first kappa shape index (κ1) is 18.3. The van der Waals surface area contributed by atoms with E-state index in [0.29, 0.717) is 0 Å². The number of ether oxygens (including phenoxy) is 2. The SMILES string of the molecule is CCOC(=O)c1c[nH]c(C(=O)OCC)c1C#Cc1cccc2ccccc12. The summed E-state index contributed by atoms with van der Waals surface area (Å²) < 4.78 is 10.1. The summed E-state index contributed by atoms with van der Waals surface area (Å²) in [6.07, 6.45) is 1.43. The Kier molecular flexibility index (Phi) is 5.58. The van der Waals surface area contributed by atoms with E-state index in [2.05, 4.69) is 16.8 Å². The van der Waals surface area contributed by atoms with Gasteiger partial charge in [-0.2, -0.15) is 0 Å². The van der Waals surface area contributed by atoms with Gasteiger partial charge in [-0.1, -0.05) is 48.2 Å². The molecule has 0 aliphatic heterocycles. The van der Waals surface area contributed by atoms with Crippen LogP contribution >= 0.6 is 0 Å². The minimum Gasteiger partial charge on any atom is -0.462 e. The molecule has 0 amide bonds. The second-order valence-electron chi connectivity index (χ2n) is 5.67. The molecule has 3 aromatic rings. The average molecular weight is 361 g/mol. The average Bonchev–Trinajstić information content (AvgIpc) is 3.11. The largest absolute Gasteiger partial charge is 0.462 e. The maximum absolute atomic E-state index is 12.2. The highest BCUT2D eigenvalue weighted by atomic mass is 16.5. The molecular formula is C22H19NO4. The van der Waals surface area contributed by atoms with Crippen LogP contribution in [0.4, 0.5) is 0 Å². The van der Waals surface area contributed by atoms with Crippen LogP contribution in [0.1, 0.15) is 45.8 Å². The third-order valence-corrected chi connectivity index (χ3v) is 3.97. The molecule has 1 heterocycles. The lowest BCUT2D eigenvalue weighted by molar-refractivity contribution is 0.0518. The summed E-state index contributed by atoms with van der Waals surface area (Å²) in [6.45, 7) is 3.89. The first-order valence-electron chi connectivity index (χ1n) is 8.71. The number of carbonyl (C=O) groups excluding carboxylic acids is 2. The first-order chi connectivity index (χ1) is 13.2. The van der Waals surface area contributed by atoms with E-state index in [1.165, 1.54) is 6.20 Å². The summed E-state index contributed by atoms with van der Waals surface area (Å²) in [6, 6.07) is 13.7. The molecule has 5 heteroatoms. The van der Waals surface area contributed by atoms with Crippen molar-refractivity contribution in [2.45, 2.75) is 13.8 Å². The molecule has 1 N–H and O–H groups in total. The van der Waals surface area contributed by atoms with Crippen molar-refractivity contribution in [2.75, 3.05) is 13.2 Å². The number of carbonyl (C=O) groups is 2. The fraction of sp³-hybridized carbons (Fsp3) is 0.182. The van der Waals surface area contributed by atoms with E-state index in [1.807, 2.05) is 42.5 Å². The van der Waals surface area contributed by atoms with Crippen LogP contribution in [-0.2, 0) is 9.47 Å². The maximum atomic E-state index is 12.2. The summed E-state index contributed by atoms with van der Waals surface area (Å²) in [5.41, 5.74) is 1.44. The molecule has 0 radical (unpaired) electrons. The van der Waals surface area contributed by atoms with Gasteiger partial charge in [0.05, 0.1) is 24.3 Å². The highest BCUT2D eigenvalue weighted by molar-refractivity contribution is 5.99. The number of rotatable bonds is 4. The molecule has 0 unspecified atom stereocenters. The minimum atomic E-state index is -0.560. The lowest BCUT2D eigenvalue weighted by Gasteiger charge is -2.03. The van der Waals surface area contributed by atoms with Gasteiger partial charge in [-0.15, -0.1) is 0 Å². The van der Waals surface area contributed by atoms with Crippen molar-refractivity contribution in [1.82, 2.24) is 4.98 Å². The van der Waals surface area contributed by atoms with Gasteiger partial charge in [0, 0.05) is 11.8 Å². The molecule has 0 aliphatic rings. The van der Waals surface area contributed by atoms with E-state index in [0.717, 1.165) is 16.3 Å². The first-order valence-corrected chi connectivity index (χ1v) is 8.71. The van der Waals surface area contributed by atoms with Gasteiger partial charge in [-0.05, 0) is 30.7 Å². The number of hydrogen-bond donors (Lipinski definition) is 1. The monoisotopic (exact) mass is 361 g/mol. The Morgan fingerprint density at radius 2 is 1.63 bits per heavy atom. The topological polar surface area (TPSA) is 68.4 Å². The standard InChI is InChI=1S/C22H19NO4/c1-3-26-21(24)19-14-23-20(22(25)27-4-2)18(19)13-12-16-10-7-9-15-8-5-6-11-17(15)16/h5-11,14,23H,3-4H2,1-2H3. The molecule has 0 fully saturated rings. The summed E-state index contributed by atoms with van der Waals surface area (Å²) in [5.74, 6) is 4.95. The molecule has 2 aromatic carbocycles. The number of nitrogens with one attached hydrogen (secondary N) is 1. The van der Waals surface area contributed by atoms with Crippen LogP contribution in [0.2, 0.25) is 0 Å². The van der Waals surface area contributed by atoms with Crippen LogP contribution in [0, 0.1) is 11.8 Å². The Bertz CT molecular complexity index is 1010. The molecule has 0 bridgehead atoms. The van der Waals surface area contributed by atoms with Gasteiger partial charge in [-0.3, -0.25) is 0 Å². The Morgan fingerprint density at radius 1 is 0.926 bits per heavy atom. The number of hydrogen-bond acceptors (Lipinski definition) is 4. The summed E-state index contributed by atoms with van der Waals surface area (Å²) in [4.78, 5) is 27.2. The number of benzene rings is 2. The molecule has 0 spiro atoms. The fourth-order valence-electron chi connectivity index (χ4n) is 2.75. The second-order valence-corrected chi connectivity index (χ2v) is 5.67. The molecule has 136 valence electrons. The summed E-state index contributed by atoms with van der Waals surface area (Å²) in [5, 5.41) is 2.06. The maximum Gasteiger partial charge on any atom is 0.356 e. The predicted molar refractivity (Wildman–Crippen MR) is 103 cm³/mol. The second kappa shape index (κ2) is 8.24. The Morgan fingerprint density at radius 3 is 2.41 bits per heavy atom. The van der Waals surface area contributed by atoms with Crippen LogP contribution in [0.25, 0.3) is 10.8 Å². The van der Waals surface area contributed by atoms with Gasteiger partial charge in [0.25, 0.3) is 0 Å². The zero-order chi connectivity index (χ0) is 19.2. The number of H-pyrrole nitrogens is 1. The minimum absolute atomic E-state index is 0.146. The Balaban J connectivity index is 2.10. The molecule has 5 nitrogen and oxygen atoms in total. The predicted octanol–water partition coefficient (Wildman–Crippen LogP) is 3.92. The van der Waals surface area contributed by atoms with Crippen molar-refractivity contribution in [3.05, 3.63) is 71.0 Å². The molecule has 0 saturated heterocycles. The van der Waals surface area contributed by atoms with Gasteiger partial charge >= 0.3 is 11.9 Å². The summed E-state index contributed by atoms with van der Waals surface area (Å²) in [7, 11) is 0. The fourth-order valence-corrected chi connectivity index (χ4v) is 2.75. The lowest BCUT2D eigenvalue weighted by Crippen LogP contribution is -2.09. The molecule has 0 atom stereocenters. The molecular weight excluding hydrogens is 342 g/mol. The number of aromatic nitrogens is 1. The van der Waals surface area contributed by atoms with Gasteiger partial charge in [-0.25, -0.2) is 9.59 Å². The van der Waals surface area contributed by atoms with Crippen molar-refractivity contribution in [3.8, 4) is 11.8 Å². The van der Waals surface area contributed by atoms with Crippen molar-refractivity contribution in [2.24, 2.45) is 0 Å². The molecule has 1 aromatic heterocycles. The van der Waals surface area contributed by atoms with Crippen molar-refractivity contribution >= 4 is 22.7 Å². The zero-order valence-corrected chi connectivity index (χ0v) is 15.2. The molecule has 3 rings (SSSR count). The molecule has 0 aliphatic carbocycles. The van der Waals surface area contributed by atoms with E-state index in [1.54, 1.807) is 13.8 Å². The highest BCUT2D eigenvalue weighted by Crippen LogP contribution is 2.19. The van der Waals surface area contributed by atoms with Gasteiger partial charge < -0.3 is 14.5 Å². The number of fused-ring (bicyclic) bond motifs is 1. The quantitative estimate of drug-likeness (QED) is 0.565. The van der Waals surface area contributed by atoms with Crippen molar-refractivity contribution in [3.63, 3.8) is 0 Å². The molecule has 27 heavy (non-hydrogen) atoms. The number of esters is 2. The zero-order valence-electron chi connectivity index (χ0n) is 15.2. The lowest BCUT2D eigenvalue weighted by atomic mass is 10.0. The summed E-state index contributed by atoms with van der Waals surface area (Å²) >= 11 is 0. The van der Waals surface area contributed by atoms with E-state index >= 15 is 0 Å². The Hall–Kier alpha value is -3.52. The third kappa shape index (κ3) is 3.85. The van der Waals surface area contributed by atoms with Crippen LogP contribution < -0.4 is 0 Å². The van der Waals surface area contributed by atoms with E-state index in [4.69, 9.17) is 9.47 Å². The van der Waals surface area contributed by atoms with Crippen molar-refractivity contribution < 1.29 is 19.1 Å². The normalized spacial score (nSPS) is 10.1. The van der Waals surface area contributed by atoms with E-state index in [-0.39, 0.29) is 30.0 Å². The highest BCUT2D eigenvalue weighted by Gasteiger charge is 2.22. The van der Waals surface area contributed by atoms with Crippen LogP contribution in [0.3, 0.4) is 0 Å². The van der Waals surface area contributed by atoms with Crippen molar-refractivity contribution in [1.29, 1.82) is 0 Å². The van der Waals surface area contributed by atoms with Gasteiger partial charge in [0.1, 0.15) is 5.69 Å². The van der Waals surface area contributed by atoms with Gasteiger partial charge in [0.2, 0.25) is 0 Å². The van der Waals surface area contributed by atoms with E-state index < -0.39 is 11.9 Å². The smallest absolute Gasteiger partial charge is 0.356 e. The number of aromatic amines is 1. The van der Waals surface area contributed by atoms with Crippen LogP contribution in [0.15, 0.2) is 48.7 Å². The molecule has 0 saturated carbocycles. The van der Waals surface area contributed by atoms with Crippen LogP contribution in [-0.4, -0.2) is 30.1 Å².